The van der Waals surface area contributed by atoms with Gasteiger partial charge in [0.05, 0.1) is 0 Å². The number of benzene rings is 1. The van der Waals surface area contributed by atoms with E-state index in [-0.39, 0.29) is 11.9 Å². The summed E-state index contributed by atoms with van der Waals surface area (Å²) in [5, 5.41) is 6.09. The fourth-order valence-corrected chi connectivity index (χ4v) is 1.97. The highest BCUT2D eigenvalue weighted by Gasteiger charge is 2.17. The van der Waals surface area contributed by atoms with Crippen molar-refractivity contribution in [2.24, 2.45) is 0 Å². The van der Waals surface area contributed by atoms with Gasteiger partial charge in [0.2, 0.25) is 0 Å². The van der Waals surface area contributed by atoms with Gasteiger partial charge in [0.15, 0.2) is 0 Å². The van der Waals surface area contributed by atoms with Crippen LogP contribution < -0.4 is 10.6 Å². The summed E-state index contributed by atoms with van der Waals surface area (Å²) in [6.07, 6.45) is 0.430. The van der Waals surface area contributed by atoms with Gasteiger partial charge >= 0.3 is 6.09 Å². The number of rotatable bonds is 6. The van der Waals surface area contributed by atoms with Crippen molar-refractivity contribution in [3.63, 3.8) is 0 Å². The van der Waals surface area contributed by atoms with Crippen LogP contribution in [0.4, 0.5) is 9.18 Å². The average molecular weight is 310 g/mol. The Balaban J connectivity index is 2.45. The highest BCUT2D eigenvalue weighted by atomic mass is 19.1. The van der Waals surface area contributed by atoms with Gasteiger partial charge in [-0.05, 0) is 57.4 Å². The number of nitrogens with one attached hydrogen (secondary N) is 2. The highest BCUT2D eigenvalue weighted by molar-refractivity contribution is 5.67. The molecule has 0 saturated carbocycles. The number of alkyl carbamates (subject to hydrolysis) is 1. The van der Waals surface area contributed by atoms with Gasteiger partial charge in [0.25, 0.3) is 0 Å². The third-order valence-corrected chi connectivity index (χ3v) is 3.28. The van der Waals surface area contributed by atoms with Crippen molar-refractivity contribution in [1.82, 2.24) is 10.6 Å². The first-order valence-electron chi connectivity index (χ1n) is 7.66. The van der Waals surface area contributed by atoms with Crippen LogP contribution in [-0.2, 0) is 11.3 Å². The van der Waals surface area contributed by atoms with Crippen LogP contribution in [0.15, 0.2) is 18.2 Å². The SMILES string of the molecule is CCC(CNC(=O)OC(C)(C)C)NCc1cc(F)ccc1C. The monoisotopic (exact) mass is 310 g/mol. The van der Waals surface area contributed by atoms with E-state index in [2.05, 4.69) is 10.6 Å². The van der Waals surface area contributed by atoms with Crippen molar-refractivity contribution in [1.29, 1.82) is 0 Å². The number of halogens is 1. The number of hydrogen-bond acceptors (Lipinski definition) is 3. The zero-order chi connectivity index (χ0) is 16.8. The Morgan fingerprint density at radius 1 is 1.36 bits per heavy atom. The molecule has 0 heterocycles. The minimum absolute atomic E-state index is 0.107. The van der Waals surface area contributed by atoms with E-state index < -0.39 is 11.7 Å². The van der Waals surface area contributed by atoms with Gasteiger partial charge < -0.3 is 15.4 Å². The van der Waals surface area contributed by atoms with E-state index in [1.165, 1.54) is 12.1 Å². The molecule has 0 radical (unpaired) electrons. The predicted octanol–water partition coefficient (Wildman–Crippen LogP) is 3.53. The van der Waals surface area contributed by atoms with Gasteiger partial charge in [0, 0.05) is 19.1 Å². The van der Waals surface area contributed by atoms with Crippen LogP contribution in [0.5, 0.6) is 0 Å². The molecule has 1 aromatic carbocycles. The fourth-order valence-electron chi connectivity index (χ4n) is 1.97. The number of amides is 1. The summed E-state index contributed by atoms with van der Waals surface area (Å²) in [4.78, 5) is 11.6. The molecule has 0 spiro atoms. The van der Waals surface area contributed by atoms with Crippen LogP contribution in [0.3, 0.4) is 0 Å². The Morgan fingerprint density at radius 2 is 2.05 bits per heavy atom. The molecule has 1 rings (SSSR count). The molecule has 1 amide bonds. The average Bonchev–Trinajstić information content (AvgIpc) is 2.40. The molecule has 5 heteroatoms. The third-order valence-electron chi connectivity index (χ3n) is 3.28. The molecule has 0 aliphatic heterocycles. The molecule has 2 N–H and O–H groups in total. The van der Waals surface area contributed by atoms with Crippen molar-refractivity contribution in [2.45, 2.75) is 59.2 Å². The van der Waals surface area contributed by atoms with Crippen LogP contribution in [0.25, 0.3) is 0 Å². The number of carbonyl (C=O) groups excluding carboxylic acids is 1. The molecule has 124 valence electrons. The molecule has 4 nitrogen and oxygen atoms in total. The Morgan fingerprint density at radius 3 is 2.64 bits per heavy atom. The lowest BCUT2D eigenvalue weighted by Crippen LogP contribution is -2.42. The summed E-state index contributed by atoms with van der Waals surface area (Å²) in [6.45, 7) is 10.5. The quantitative estimate of drug-likeness (QED) is 0.845. The lowest BCUT2D eigenvalue weighted by Gasteiger charge is -2.22. The van der Waals surface area contributed by atoms with E-state index in [1.807, 2.05) is 34.6 Å². The van der Waals surface area contributed by atoms with Gasteiger partial charge in [-0.3, -0.25) is 0 Å². The summed E-state index contributed by atoms with van der Waals surface area (Å²) in [5.74, 6) is -0.234. The Labute approximate surface area is 132 Å². The Bertz CT molecular complexity index is 498. The van der Waals surface area contributed by atoms with Gasteiger partial charge in [-0.1, -0.05) is 13.0 Å². The molecule has 0 fully saturated rings. The minimum Gasteiger partial charge on any atom is -0.444 e. The first-order chi connectivity index (χ1) is 10.2. The van der Waals surface area contributed by atoms with Gasteiger partial charge in [-0.2, -0.15) is 0 Å². The maximum absolute atomic E-state index is 13.3. The first-order valence-corrected chi connectivity index (χ1v) is 7.66. The predicted molar refractivity (Wildman–Crippen MR) is 86.3 cm³/mol. The van der Waals surface area contributed by atoms with E-state index in [4.69, 9.17) is 4.74 Å². The molecule has 1 aromatic rings. The van der Waals surface area contributed by atoms with Crippen LogP contribution in [0, 0.1) is 12.7 Å². The molecule has 0 aliphatic carbocycles. The largest absolute Gasteiger partial charge is 0.444 e. The second-order valence-electron chi connectivity index (χ2n) is 6.44. The van der Waals surface area contributed by atoms with Crippen molar-refractivity contribution in [2.75, 3.05) is 6.54 Å². The summed E-state index contributed by atoms with van der Waals surface area (Å²) in [6, 6.07) is 4.87. The number of hydrogen-bond donors (Lipinski definition) is 2. The van der Waals surface area contributed by atoms with Crippen molar-refractivity contribution in [3.8, 4) is 0 Å². The molecular weight excluding hydrogens is 283 g/mol. The molecule has 1 unspecified atom stereocenters. The van der Waals surface area contributed by atoms with Crippen molar-refractivity contribution >= 4 is 6.09 Å². The fraction of sp³-hybridized carbons (Fsp3) is 0.588. The van der Waals surface area contributed by atoms with E-state index in [1.54, 1.807) is 6.07 Å². The van der Waals surface area contributed by atoms with Gasteiger partial charge in [-0.25, -0.2) is 9.18 Å². The van der Waals surface area contributed by atoms with Crippen LogP contribution in [0.1, 0.15) is 45.2 Å². The Kier molecular flexibility index (Phi) is 6.81. The summed E-state index contributed by atoms with van der Waals surface area (Å²) < 4.78 is 18.5. The first kappa shape index (κ1) is 18.4. The second kappa shape index (κ2) is 8.13. The van der Waals surface area contributed by atoms with Crippen LogP contribution >= 0.6 is 0 Å². The van der Waals surface area contributed by atoms with E-state index in [0.717, 1.165) is 17.5 Å². The number of carbonyl (C=O) groups is 1. The highest BCUT2D eigenvalue weighted by Crippen LogP contribution is 2.10. The van der Waals surface area contributed by atoms with Crippen LogP contribution in [0.2, 0.25) is 0 Å². The molecular formula is C17H27FN2O2. The molecule has 0 saturated heterocycles. The number of ether oxygens (including phenoxy) is 1. The zero-order valence-corrected chi connectivity index (χ0v) is 14.1. The van der Waals surface area contributed by atoms with Crippen LogP contribution in [-0.4, -0.2) is 24.3 Å². The molecule has 0 bridgehead atoms. The topological polar surface area (TPSA) is 50.4 Å². The zero-order valence-electron chi connectivity index (χ0n) is 14.1. The molecule has 1 atom stereocenters. The molecule has 0 aromatic heterocycles. The van der Waals surface area contributed by atoms with Crippen molar-refractivity contribution < 1.29 is 13.9 Å². The lowest BCUT2D eigenvalue weighted by molar-refractivity contribution is 0.0522. The maximum atomic E-state index is 13.3. The number of aryl methyl sites for hydroxylation is 1. The maximum Gasteiger partial charge on any atom is 0.407 e. The normalized spacial score (nSPS) is 12.8. The van der Waals surface area contributed by atoms with E-state index >= 15 is 0 Å². The van der Waals surface area contributed by atoms with E-state index in [0.29, 0.717) is 13.1 Å². The summed E-state index contributed by atoms with van der Waals surface area (Å²) in [7, 11) is 0. The molecule has 22 heavy (non-hydrogen) atoms. The minimum atomic E-state index is -0.502. The standard InChI is InChI=1S/C17H27FN2O2/c1-6-15(11-20-16(21)22-17(3,4)5)19-10-13-9-14(18)8-7-12(13)2/h7-9,15,19H,6,10-11H2,1-5H3,(H,20,21). The van der Waals surface area contributed by atoms with Gasteiger partial charge in [-0.15, -0.1) is 0 Å². The third kappa shape index (κ3) is 6.89. The Hall–Kier alpha value is -1.62. The molecule has 0 aliphatic rings. The summed E-state index contributed by atoms with van der Waals surface area (Å²) >= 11 is 0. The second-order valence-corrected chi connectivity index (χ2v) is 6.44. The summed E-state index contributed by atoms with van der Waals surface area (Å²) in [5.41, 5.74) is 1.47. The van der Waals surface area contributed by atoms with E-state index in [9.17, 15) is 9.18 Å². The van der Waals surface area contributed by atoms with Gasteiger partial charge in [0.1, 0.15) is 11.4 Å². The lowest BCUT2D eigenvalue weighted by atomic mass is 10.1. The van der Waals surface area contributed by atoms with Crippen molar-refractivity contribution in [3.05, 3.63) is 35.1 Å². The smallest absolute Gasteiger partial charge is 0.407 e.